The smallest absolute Gasteiger partial charge is 0.415 e. The van der Waals surface area contributed by atoms with Gasteiger partial charge in [0.1, 0.15) is 17.6 Å². The molecule has 0 aliphatic heterocycles. The molecule has 1 amide bonds. The van der Waals surface area contributed by atoms with Crippen molar-refractivity contribution in [2.24, 2.45) is 0 Å². The van der Waals surface area contributed by atoms with Crippen molar-refractivity contribution in [1.29, 1.82) is 0 Å². The van der Waals surface area contributed by atoms with Gasteiger partial charge in [0.2, 0.25) is 0 Å². The monoisotopic (exact) mass is 307 g/mol. The molecule has 0 aliphatic carbocycles. The highest BCUT2D eigenvalue weighted by molar-refractivity contribution is 5.88. The van der Waals surface area contributed by atoms with Gasteiger partial charge in [-0.25, -0.2) is 4.79 Å². The Kier molecular flexibility index (Phi) is 6.40. The van der Waals surface area contributed by atoms with Crippen molar-refractivity contribution in [2.75, 3.05) is 12.0 Å². The van der Waals surface area contributed by atoms with Crippen LogP contribution >= 0.6 is 0 Å². The van der Waals surface area contributed by atoms with E-state index in [-0.39, 0.29) is 6.04 Å². The molecule has 0 radical (unpaired) electrons. The average Bonchev–Trinajstić information content (AvgIpc) is 2.43. The third kappa shape index (κ3) is 5.39. The summed E-state index contributed by atoms with van der Waals surface area (Å²) in [6.07, 6.45) is 1.39. The predicted molar refractivity (Wildman–Crippen MR) is 86.5 cm³/mol. The molecule has 0 saturated heterocycles. The minimum absolute atomic E-state index is 0.160. The van der Waals surface area contributed by atoms with Crippen LogP contribution in [0.15, 0.2) is 24.3 Å². The Balaban J connectivity index is 3.08. The first-order valence-corrected chi connectivity index (χ1v) is 7.38. The number of amides is 1. The quantitative estimate of drug-likeness (QED) is 0.750. The molecule has 0 unspecified atom stereocenters. The number of aldehydes is 1. The predicted octanol–water partition coefficient (Wildman–Crippen LogP) is 3.80. The number of ether oxygens (including phenoxy) is 2. The van der Waals surface area contributed by atoms with E-state index in [4.69, 9.17) is 9.47 Å². The van der Waals surface area contributed by atoms with Gasteiger partial charge in [0, 0.05) is 18.5 Å². The molecular formula is C17H25NO4. The number of rotatable bonds is 6. The lowest BCUT2D eigenvalue weighted by molar-refractivity contribution is -0.108. The Morgan fingerprint density at radius 2 is 2.05 bits per heavy atom. The van der Waals surface area contributed by atoms with Crippen LogP contribution in [-0.2, 0) is 9.53 Å². The summed E-state index contributed by atoms with van der Waals surface area (Å²) < 4.78 is 10.7. The second-order valence-corrected chi connectivity index (χ2v) is 6.14. The topological polar surface area (TPSA) is 55.8 Å². The molecule has 1 aromatic carbocycles. The molecule has 0 N–H and O–H groups in total. The molecule has 0 aromatic heterocycles. The SMILES string of the molecule is COc1cccc(N(C(=O)OC(C)(C)C)[C@@H](C)CCC=O)c1. The van der Waals surface area contributed by atoms with Gasteiger partial charge in [-0.05, 0) is 46.2 Å². The fourth-order valence-corrected chi connectivity index (χ4v) is 2.05. The average molecular weight is 307 g/mol. The van der Waals surface area contributed by atoms with Crippen LogP contribution in [0.4, 0.5) is 10.5 Å². The molecule has 1 atom stereocenters. The summed E-state index contributed by atoms with van der Waals surface area (Å²) in [7, 11) is 1.58. The van der Waals surface area contributed by atoms with E-state index in [2.05, 4.69) is 0 Å². The molecule has 0 saturated carbocycles. The standard InChI is InChI=1S/C17H25NO4/c1-13(8-7-11-19)18(16(20)22-17(2,3)4)14-9-6-10-15(12-14)21-5/h6,9-13H,7-8H2,1-5H3/t13-/m0/s1. The minimum atomic E-state index is -0.585. The number of carbonyl (C=O) groups excluding carboxylic acids is 2. The maximum atomic E-state index is 12.5. The third-order valence-electron chi connectivity index (χ3n) is 3.06. The summed E-state index contributed by atoms with van der Waals surface area (Å²) in [5.41, 5.74) is 0.102. The van der Waals surface area contributed by atoms with E-state index in [9.17, 15) is 9.59 Å². The van der Waals surface area contributed by atoms with Gasteiger partial charge in [0.15, 0.2) is 0 Å². The van der Waals surface area contributed by atoms with E-state index in [0.29, 0.717) is 24.3 Å². The van der Waals surface area contributed by atoms with E-state index in [1.54, 1.807) is 18.1 Å². The van der Waals surface area contributed by atoms with Gasteiger partial charge in [0.25, 0.3) is 0 Å². The first-order chi connectivity index (χ1) is 10.3. The minimum Gasteiger partial charge on any atom is -0.497 e. The van der Waals surface area contributed by atoms with Crippen LogP contribution in [0.3, 0.4) is 0 Å². The van der Waals surface area contributed by atoms with Crippen LogP contribution < -0.4 is 9.64 Å². The van der Waals surface area contributed by atoms with Gasteiger partial charge in [-0.1, -0.05) is 6.07 Å². The molecule has 5 nitrogen and oxygen atoms in total. The molecule has 0 fully saturated rings. The number of carbonyl (C=O) groups is 2. The van der Waals surface area contributed by atoms with E-state index in [1.807, 2.05) is 45.9 Å². The largest absolute Gasteiger partial charge is 0.497 e. The molecule has 0 spiro atoms. The highest BCUT2D eigenvalue weighted by Gasteiger charge is 2.27. The summed E-state index contributed by atoms with van der Waals surface area (Å²) in [5, 5.41) is 0. The van der Waals surface area contributed by atoms with Crippen LogP contribution in [0.25, 0.3) is 0 Å². The van der Waals surface area contributed by atoms with Crippen molar-refractivity contribution in [3.63, 3.8) is 0 Å². The summed E-state index contributed by atoms with van der Waals surface area (Å²) in [6.45, 7) is 7.37. The summed E-state index contributed by atoms with van der Waals surface area (Å²) in [6, 6.07) is 7.07. The van der Waals surface area contributed by atoms with Gasteiger partial charge in [-0.15, -0.1) is 0 Å². The maximum Gasteiger partial charge on any atom is 0.415 e. The zero-order valence-electron chi connectivity index (χ0n) is 14.0. The Morgan fingerprint density at radius 3 is 2.59 bits per heavy atom. The molecule has 1 rings (SSSR count). The Hall–Kier alpha value is -2.04. The van der Waals surface area contributed by atoms with Crippen LogP contribution in [0.1, 0.15) is 40.5 Å². The number of benzene rings is 1. The normalized spacial score (nSPS) is 12.4. The van der Waals surface area contributed by atoms with Crippen LogP contribution in [0.2, 0.25) is 0 Å². The van der Waals surface area contributed by atoms with Crippen LogP contribution in [0.5, 0.6) is 5.75 Å². The Morgan fingerprint density at radius 1 is 1.36 bits per heavy atom. The van der Waals surface area contributed by atoms with Crippen molar-refractivity contribution < 1.29 is 19.1 Å². The highest BCUT2D eigenvalue weighted by Crippen LogP contribution is 2.26. The van der Waals surface area contributed by atoms with Crippen LogP contribution in [0, 0.1) is 0 Å². The maximum absolute atomic E-state index is 12.5. The van der Waals surface area contributed by atoms with Gasteiger partial charge >= 0.3 is 6.09 Å². The fourth-order valence-electron chi connectivity index (χ4n) is 2.05. The van der Waals surface area contributed by atoms with Crippen molar-refractivity contribution in [1.82, 2.24) is 0 Å². The first-order valence-electron chi connectivity index (χ1n) is 7.38. The fraction of sp³-hybridized carbons (Fsp3) is 0.529. The lowest BCUT2D eigenvalue weighted by atomic mass is 10.1. The second-order valence-electron chi connectivity index (χ2n) is 6.14. The molecular weight excluding hydrogens is 282 g/mol. The summed E-state index contributed by atoms with van der Waals surface area (Å²) in [5.74, 6) is 0.661. The van der Waals surface area contributed by atoms with Crippen molar-refractivity contribution in [3.8, 4) is 5.75 Å². The van der Waals surface area contributed by atoms with E-state index in [1.165, 1.54) is 0 Å². The number of hydrogen-bond acceptors (Lipinski definition) is 4. The van der Waals surface area contributed by atoms with Gasteiger partial charge < -0.3 is 14.3 Å². The van der Waals surface area contributed by atoms with Crippen molar-refractivity contribution in [2.45, 2.75) is 52.2 Å². The zero-order valence-corrected chi connectivity index (χ0v) is 14.0. The first kappa shape index (κ1) is 18.0. The molecule has 22 heavy (non-hydrogen) atoms. The van der Waals surface area contributed by atoms with Gasteiger partial charge in [-0.3, -0.25) is 4.90 Å². The second kappa shape index (κ2) is 7.82. The van der Waals surface area contributed by atoms with Crippen molar-refractivity contribution in [3.05, 3.63) is 24.3 Å². The molecule has 1 aromatic rings. The lowest BCUT2D eigenvalue weighted by Gasteiger charge is -2.31. The molecule has 122 valence electrons. The van der Waals surface area contributed by atoms with E-state index >= 15 is 0 Å². The molecule has 0 aliphatic rings. The van der Waals surface area contributed by atoms with E-state index in [0.717, 1.165) is 6.29 Å². The zero-order chi connectivity index (χ0) is 16.8. The number of anilines is 1. The van der Waals surface area contributed by atoms with E-state index < -0.39 is 11.7 Å². The number of nitrogens with zero attached hydrogens (tertiary/aromatic N) is 1. The number of hydrogen-bond donors (Lipinski definition) is 0. The highest BCUT2D eigenvalue weighted by atomic mass is 16.6. The summed E-state index contributed by atoms with van der Waals surface area (Å²) >= 11 is 0. The van der Waals surface area contributed by atoms with Gasteiger partial charge in [0.05, 0.1) is 12.8 Å². The van der Waals surface area contributed by atoms with Crippen LogP contribution in [-0.4, -0.2) is 31.1 Å². The lowest BCUT2D eigenvalue weighted by Crippen LogP contribution is -2.42. The Bertz CT molecular complexity index is 508. The third-order valence-corrected chi connectivity index (χ3v) is 3.06. The van der Waals surface area contributed by atoms with Crippen molar-refractivity contribution >= 4 is 18.1 Å². The molecule has 0 heterocycles. The van der Waals surface area contributed by atoms with Gasteiger partial charge in [-0.2, -0.15) is 0 Å². The summed E-state index contributed by atoms with van der Waals surface area (Å²) in [4.78, 5) is 24.7. The number of methoxy groups -OCH3 is 1. The Labute approximate surface area is 132 Å². The molecule has 5 heteroatoms. The molecule has 0 bridgehead atoms.